The number of hydrogen-bond donors (Lipinski definition) is 2. The van der Waals surface area contributed by atoms with Gasteiger partial charge in [0.15, 0.2) is 0 Å². The minimum Gasteiger partial charge on any atom is -0.477 e. The maximum absolute atomic E-state index is 11.7. The molecule has 48 heavy (non-hydrogen) atoms. The van der Waals surface area contributed by atoms with Crippen molar-refractivity contribution in [1.82, 2.24) is 19.8 Å². The molecule has 16 heteroatoms. The molecule has 0 aliphatic carbocycles. The monoisotopic (exact) mass is 691 g/mol. The number of aliphatic imine (C=N–C) groups is 1. The fraction of sp³-hybridized carbons (Fsp3) is 0.594. The number of pyridine rings is 2. The Labute approximate surface area is 285 Å². The topological polar surface area (TPSA) is 175 Å². The maximum Gasteiger partial charge on any atom is 0.354 e. The summed E-state index contributed by atoms with van der Waals surface area (Å²) in [6, 6.07) is 9.51. The molecule has 2 N–H and O–H groups in total. The fourth-order valence-electron chi connectivity index (χ4n) is 4.71. The Balaban J connectivity index is 1.58. The number of ether oxygens (including phenoxy) is 6. The Bertz CT molecular complexity index is 1270. The van der Waals surface area contributed by atoms with Gasteiger partial charge in [0.25, 0.3) is 0 Å². The van der Waals surface area contributed by atoms with E-state index in [4.69, 9.17) is 28.4 Å². The summed E-state index contributed by atoms with van der Waals surface area (Å²) in [5.41, 5.74) is 1.18. The molecule has 1 unspecified atom stereocenters. The van der Waals surface area contributed by atoms with Crippen LogP contribution in [0.25, 0.3) is 0 Å². The van der Waals surface area contributed by atoms with Gasteiger partial charge >= 0.3 is 11.9 Å². The Morgan fingerprint density at radius 2 is 1.35 bits per heavy atom. The smallest absolute Gasteiger partial charge is 0.354 e. The van der Waals surface area contributed by atoms with Gasteiger partial charge in [0.2, 0.25) is 0 Å². The molecule has 0 radical (unpaired) electrons. The lowest BCUT2D eigenvalue weighted by Crippen LogP contribution is -2.38. The Morgan fingerprint density at radius 1 is 0.792 bits per heavy atom. The zero-order valence-electron chi connectivity index (χ0n) is 27.1. The highest BCUT2D eigenvalue weighted by Gasteiger charge is 2.23. The number of aromatic nitrogens is 2. The number of carbonyl (C=O) groups is 2. The second kappa shape index (κ2) is 23.9. The van der Waals surface area contributed by atoms with Crippen LogP contribution in [0.5, 0.6) is 0 Å². The van der Waals surface area contributed by atoms with Crippen LogP contribution >= 0.6 is 12.2 Å². The zero-order chi connectivity index (χ0) is 34.2. The van der Waals surface area contributed by atoms with Gasteiger partial charge in [0.1, 0.15) is 11.4 Å². The average molecular weight is 692 g/mol. The molecule has 1 atom stereocenters. The normalized spacial score (nSPS) is 17.4. The lowest BCUT2D eigenvalue weighted by Gasteiger charge is -2.31. The second-order valence-electron chi connectivity index (χ2n) is 10.5. The van der Waals surface area contributed by atoms with E-state index in [1.807, 2.05) is 0 Å². The first-order chi connectivity index (χ1) is 23.5. The molecule has 3 heterocycles. The highest BCUT2D eigenvalue weighted by Crippen LogP contribution is 2.20. The zero-order valence-corrected chi connectivity index (χ0v) is 27.9. The van der Waals surface area contributed by atoms with Crippen LogP contribution in [0.15, 0.2) is 41.4 Å². The van der Waals surface area contributed by atoms with Crippen molar-refractivity contribution in [3.05, 3.63) is 59.2 Å². The van der Waals surface area contributed by atoms with Gasteiger partial charge in [0.05, 0.1) is 108 Å². The van der Waals surface area contributed by atoms with E-state index in [2.05, 4.69) is 42.1 Å². The summed E-state index contributed by atoms with van der Waals surface area (Å²) >= 11 is 4.56. The van der Waals surface area contributed by atoms with Crippen molar-refractivity contribution in [3.8, 4) is 0 Å². The van der Waals surface area contributed by atoms with Crippen LogP contribution in [0.4, 0.5) is 0 Å². The molecule has 0 spiro atoms. The first-order valence-corrected chi connectivity index (χ1v) is 16.2. The van der Waals surface area contributed by atoms with Gasteiger partial charge in [0, 0.05) is 32.7 Å². The number of aromatic carboxylic acids is 2. The predicted octanol–water partition coefficient (Wildman–Crippen LogP) is 1.93. The molecule has 2 aromatic heterocycles. The fourth-order valence-corrected chi connectivity index (χ4v) is 4.80. The van der Waals surface area contributed by atoms with E-state index in [0.29, 0.717) is 123 Å². The molecular weight excluding hydrogens is 646 g/mol. The van der Waals surface area contributed by atoms with Crippen LogP contribution in [0.2, 0.25) is 0 Å². The molecule has 1 saturated heterocycles. The van der Waals surface area contributed by atoms with Crippen molar-refractivity contribution in [3.63, 3.8) is 0 Å². The highest BCUT2D eigenvalue weighted by molar-refractivity contribution is 7.78. The standard InChI is InChI=1S/C32H45N5O10S/c38-31(39)28-5-1-3-26(34-28)23-36-8-13-43-17-19-45-15-10-37(11-16-46-20-18-44-14-9-36)30(24-47-22-21-42-12-7-33-25-48)27-4-2-6-29(35-27)32(40)41/h1-6,30H,7-24H2,(H,38,39)(H,40,41). The van der Waals surface area contributed by atoms with E-state index >= 15 is 0 Å². The van der Waals surface area contributed by atoms with Crippen molar-refractivity contribution in [2.75, 3.05) is 112 Å². The number of thiocarbonyl (C=S) groups is 1. The largest absolute Gasteiger partial charge is 0.477 e. The number of nitrogens with zero attached hydrogens (tertiary/aromatic N) is 5. The van der Waals surface area contributed by atoms with Gasteiger partial charge in [-0.3, -0.25) is 9.80 Å². The van der Waals surface area contributed by atoms with E-state index in [1.54, 1.807) is 24.3 Å². The van der Waals surface area contributed by atoms with Crippen LogP contribution in [0.1, 0.15) is 38.4 Å². The lowest BCUT2D eigenvalue weighted by atomic mass is 10.1. The number of hydrogen-bond acceptors (Lipinski definition) is 14. The van der Waals surface area contributed by atoms with Crippen molar-refractivity contribution >= 4 is 29.3 Å². The van der Waals surface area contributed by atoms with E-state index in [9.17, 15) is 19.8 Å². The third-order valence-corrected chi connectivity index (χ3v) is 7.27. The van der Waals surface area contributed by atoms with E-state index < -0.39 is 11.9 Å². The number of rotatable bonds is 14. The van der Waals surface area contributed by atoms with Crippen LogP contribution in [-0.2, 0) is 35.0 Å². The SMILES string of the molecule is O=C(O)c1cccc(CN2CCOCCOCCN(C(COCCOCCN=C=S)c3cccc(C(=O)O)n3)CCOCCOCC2)n1. The summed E-state index contributed by atoms with van der Waals surface area (Å²) < 4.78 is 34.9. The van der Waals surface area contributed by atoms with Gasteiger partial charge in [-0.05, 0) is 36.5 Å². The third kappa shape index (κ3) is 15.7. The van der Waals surface area contributed by atoms with Crippen molar-refractivity contribution in [2.24, 2.45) is 4.99 Å². The number of carboxylic acid groups (broad SMARTS) is 2. The molecule has 0 amide bonds. The Hall–Kier alpha value is -3.28. The third-order valence-electron chi connectivity index (χ3n) is 7.14. The minimum atomic E-state index is -1.11. The van der Waals surface area contributed by atoms with Crippen LogP contribution in [-0.4, -0.2) is 159 Å². The molecule has 1 aliphatic rings. The minimum absolute atomic E-state index is 0.00749. The molecule has 0 bridgehead atoms. The van der Waals surface area contributed by atoms with Crippen molar-refractivity contribution in [1.29, 1.82) is 0 Å². The molecule has 0 saturated carbocycles. The molecule has 264 valence electrons. The molecule has 0 aromatic carbocycles. The molecule has 1 aliphatic heterocycles. The molecule has 15 nitrogen and oxygen atoms in total. The summed E-state index contributed by atoms with van der Waals surface area (Å²) in [6.45, 7) is 7.69. The van der Waals surface area contributed by atoms with Gasteiger partial charge in [-0.25, -0.2) is 24.5 Å². The Morgan fingerprint density at radius 3 is 1.96 bits per heavy atom. The van der Waals surface area contributed by atoms with E-state index in [1.165, 1.54) is 12.1 Å². The predicted molar refractivity (Wildman–Crippen MR) is 177 cm³/mol. The van der Waals surface area contributed by atoms with Crippen molar-refractivity contribution < 1.29 is 48.2 Å². The van der Waals surface area contributed by atoms with Crippen LogP contribution < -0.4 is 0 Å². The summed E-state index contributed by atoms with van der Waals surface area (Å²) in [4.78, 5) is 39.7. The molecule has 2 aromatic rings. The second-order valence-corrected chi connectivity index (χ2v) is 10.7. The summed E-state index contributed by atoms with van der Waals surface area (Å²) in [7, 11) is 0. The van der Waals surface area contributed by atoms with Gasteiger partial charge in [-0.15, -0.1) is 0 Å². The summed E-state index contributed by atoms with van der Waals surface area (Å²) in [5.74, 6) is -2.17. The van der Waals surface area contributed by atoms with Crippen LogP contribution in [0, 0.1) is 0 Å². The van der Waals surface area contributed by atoms with Crippen LogP contribution in [0.3, 0.4) is 0 Å². The van der Waals surface area contributed by atoms with E-state index in [-0.39, 0.29) is 24.0 Å². The quantitative estimate of drug-likeness (QED) is 0.167. The summed E-state index contributed by atoms with van der Waals surface area (Å²) in [6.07, 6.45) is 0. The number of carboxylic acids is 2. The van der Waals surface area contributed by atoms with E-state index in [0.717, 1.165) is 0 Å². The molecule has 1 fully saturated rings. The van der Waals surface area contributed by atoms with Gasteiger partial charge < -0.3 is 38.6 Å². The first-order valence-electron chi connectivity index (χ1n) is 15.8. The van der Waals surface area contributed by atoms with Crippen molar-refractivity contribution in [2.45, 2.75) is 12.6 Å². The van der Waals surface area contributed by atoms with Gasteiger partial charge in [-0.2, -0.15) is 0 Å². The molecule has 3 rings (SSSR count). The lowest BCUT2D eigenvalue weighted by molar-refractivity contribution is -0.0162. The average Bonchev–Trinajstić information content (AvgIpc) is 3.08. The molecular formula is C32H45N5O10S. The maximum atomic E-state index is 11.7. The van der Waals surface area contributed by atoms with Gasteiger partial charge in [-0.1, -0.05) is 12.1 Å². The summed E-state index contributed by atoms with van der Waals surface area (Å²) in [5, 5.41) is 21.1. The number of isothiocyanates is 1. The Kier molecular flexibility index (Phi) is 19.5. The first kappa shape index (κ1) is 39.2. The highest BCUT2D eigenvalue weighted by atomic mass is 32.1.